The lowest BCUT2D eigenvalue weighted by molar-refractivity contribution is -0.136. The summed E-state index contributed by atoms with van der Waals surface area (Å²) in [6, 6.07) is 9.60. The molecule has 0 fully saturated rings. The summed E-state index contributed by atoms with van der Waals surface area (Å²) in [5.74, 6) is 0.716. The van der Waals surface area contributed by atoms with Crippen LogP contribution in [0, 0.1) is 0 Å². The molecular formula is C25H29N3O2S. The number of anilines is 2. The molecule has 0 atom stereocenters. The molecule has 2 heterocycles. The number of carboxylic acids is 1. The van der Waals surface area contributed by atoms with Crippen LogP contribution in [0.1, 0.15) is 56.0 Å². The largest absolute Gasteiger partial charge is 0.481 e. The first kappa shape index (κ1) is 22.7. The summed E-state index contributed by atoms with van der Waals surface area (Å²) in [6.45, 7) is 6.40. The van der Waals surface area contributed by atoms with E-state index in [4.69, 9.17) is 15.1 Å². The van der Waals surface area contributed by atoms with Crippen LogP contribution >= 0.6 is 11.3 Å². The van der Waals surface area contributed by atoms with Crippen LogP contribution in [0.25, 0.3) is 16.8 Å². The second-order valence-electron chi connectivity index (χ2n) is 7.36. The van der Waals surface area contributed by atoms with E-state index in [0.717, 1.165) is 64.7 Å². The van der Waals surface area contributed by atoms with Gasteiger partial charge in [-0.3, -0.25) is 4.79 Å². The first-order chi connectivity index (χ1) is 15.0. The van der Waals surface area contributed by atoms with Gasteiger partial charge < -0.3 is 10.4 Å². The van der Waals surface area contributed by atoms with Crippen LogP contribution in [0.15, 0.2) is 41.8 Å². The molecule has 0 bridgehead atoms. The van der Waals surface area contributed by atoms with Crippen molar-refractivity contribution in [3.05, 3.63) is 64.2 Å². The minimum Gasteiger partial charge on any atom is -0.481 e. The molecule has 0 unspecified atom stereocenters. The lowest BCUT2D eigenvalue weighted by Crippen LogP contribution is -2.07. The van der Waals surface area contributed by atoms with Crippen molar-refractivity contribution < 1.29 is 9.90 Å². The third-order valence-electron chi connectivity index (χ3n) is 4.96. The van der Waals surface area contributed by atoms with Crippen molar-refractivity contribution in [3.8, 4) is 10.7 Å². The van der Waals surface area contributed by atoms with E-state index in [2.05, 4.69) is 49.7 Å². The van der Waals surface area contributed by atoms with Gasteiger partial charge in [-0.2, -0.15) is 0 Å². The van der Waals surface area contributed by atoms with E-state index in [9.17, 15) is 4.79 Å². The summed E-state index contributed by atoms with van der Waals surface area (Å²) < 4.78 is 0. The molecule has 162 valence electrons. The lowest BCUT2D eigenvalue weighted by Gasteiger charge is -2.15. The molecule has 2 aromatic heterocycles. The minimum absolute atomic E-state index is 0.0194. The van der Waals surface area contributed by atoms with E-state index < -0.39 is 5.97 Å². The number of allylic oxidation sites excluding steroid dienone is 1. The van der Waals surface area contributed by atoms with Gasteiger partial charge in [-0.05, 0) is 54.0 Å². The van der Waals surface area contributed by atoms with Crippen molar-refractivity contribution in [3.63, 3.8) is 0 Å². The highest BCUT2D eigenvalue weighted by Gasteiger charge is 2.15. The predicted molar refractivity (Wildman–Crippen MR) is 129 cm³/mol. The highest BCUT2D eigenvalue weighted by Crippen LogP contribution is 2.30. The van der Waals surface area contributed by atoms with Crippen LogP contribution in [-0.4, -0.2) is 21.0 Å². The third kappa shape index (κ3) is 6.01. The molecule has 2 N–H and O–H groups in total. The zero-order valence-corrected chi connectivity index (χ0v) is 19.1. The first-order valence-electron chi connectivity index (χ1n) is 10.8. The Hall–Kier alpha value is -2.99. The number of benzene rings is 1. The van der Waals surface area contributed by atoms with Crippen molar-refractivity contribution >= 4 is 34.9 Å². The van der Waals surface area contributed by atoms with Crippen molar-refractivity contribution in [1.29, 1.82) is 0 Å². The number of aliphatic carboxylic acids is 1. The number of aromatic nitrogens is 2. The molecule has 1 aromatic carbocycles. The maximum absolute atomic E-state index is 10.9. The topological polar surface area (TPSA) is 75.1 Å². The molecule has 31 heavy (non-hydrogen) atoms. The zero-order chi connectivity index (χ0) is 22.2. The number of hydrogen-bond acceptors (Lipinski definition) is 5. The maximum Gasteiger partial charge on any atom is 0.307 e. The molecule has 0 saturated carbocycles. The maximum atomic E-state index is 10.9. The van der Waals surface area contributed by atoms with Crippen molar-refractivity contribution in [2.24, 2.45) is 0 Å². The SMILES string of the molecule is CCCC=Cc1csc(-c2nc(CC)c(CC)c(Nc3ccc(CC(=O)O)cc3)n2)c1. The summed E-state index contributed by atoms with van der Waals surface area (Å²) >= 11 is 1.66. The Labute approximate surface area is 187 Å². The first-order valence-corrected chi connectivity index (χ1v) is 11.6. The number of hydrogen-bond donors (Lipinski definition) is 2. The monoisotopic (exact) mass is 435 g/mol. The Morgan fingerprint density at radius 1 is 1.13 bits per heavy atom. The summed E-state index contributed by atoms with van der Waals surface area (Å²) in [5, 5.41) is 14.5. The van der Waals surface area contributed by atoms with Crippen LogP contribution < -0.4 is 5.32 Å². The fourth-order valence-electron chi connectivity index (χ4n) is 3.37. The molecule has 0 amide bonds. The van der Waals surface area contributed by atoms with E-state index in [1.807, 2.05) is 24.3 Å². The van der Waals surface area contributed by atoms with Crippen molar-refractivity contribution in [1.82, 2.24) is 9.97 Å². The quantitative estimate of drug-likeness (QED) is 0.379. The van der Waals surface area contributed by atoms with Gasteiger partial charge in [0, 0.05) is 16.9 Å². The summed E-state index contributed by atoms with van der Waals surface area (Å²) in [6.07, 6.45) is 8.25. The standard InChI is InChI=1S/C25H29N3O2S/c1-4-7-8-9-18-14-22(31-16-18)25-27-21(6-3)20(5-2)24(28-25)26-19-12-10-17(11-13-19)15-23(29)30/h8-14,16H,4-7,15H2,1-3H3,(H,29,30)(H,26,27,28). The number of rotatable bonds is 10. The summed E-state index contributed by atoms with van der Waals surface area (Å²) in [4.78, 5) is 21.7. The number of thiophene rings is 1. The number of unbranched alkanes of at least 4 members (excludes halogenated alkanes) is 1. The Morgan fingerprint density at radius 3 is 2.55 bits per heavy atom. The van der Waals surface area contributed by atoms with E-state index >= 15 is 0 Å². The number of carboxylic acid groups (broad SMARTS) is 1. The molecule has 6 heteroatoms. The molecule has 0 saturated heterocycles. The normalized spacial score (nSPS) is 11.2. The van der Waals surface area contributed by atoms with E-state index in [-0.39, 0.29) is 6.42 Å². The molecule has 3 aromatic rings. The van der Waals surface area contributed by atoms with Gasteiger partial charge in [-0.15, -0.1) is 11.3 Å². The number of carbonyl (C=O) groups is 1. The van der Waals surface area contributed by atoms with Gasteiger partial charge in [-0.25, -0.2) is 9.97 Å². The Balaban J connectivity index is 1.91. The third-order valence-corrected chi connectivity index (χ3v) is 5.90. The smallest absolute Gasteiger partial charge is 0.307 e. The minimum atomic E-state index is -0.832. The zero-order valence-electron chi connectivity index (χ0n) is 18.3. The highest BCUT2D eigenvalue weighted by atomic mass is 32.1. The fourth-order valence-corrected chi connectivity index (χ4v) is 4.18. The van der Waals surface area contributed by atoms with Gasteiger partial charge in [0.2, 0.25) is 0 Å². The lowest BCUT2D eigenvalue weighted by atomic mass is 10.1. The fraction of sp³-hybridized carbons (Fsp3) is 0.320. The molecule has 0 radical (unpaired) electrons. The van der Waals surface area contributed by atoms with Crippen LogP contribution in [0.4, 0.5) is 11.5 Å². The second kappa shape index (κ2) is 10.9. The average Bonchev–Trinajstić information content (AvgIpc) is 3.23. The predicted octanol–water partition coefficient (Wildman–Crippen LogP) is 6.51. The Morgan fingerprint density at radius 2 is 1.90 bits per heavy atom. The molecule has 5 nitrogen and oxygen atoms in total. The average molecular weight is 436 g/mol. The highest BCUT2D eigenvalue weighted by molar-refractivity contribution is 7.13. The Bertz CT molecular complexity index is 1060. The van der Waals surface area contributed by atoms with Gasteiger partial charge in [-0.1, -0.05) is 51.5 Å². The van der Waals surface area contributed by atoms with Crippen molar-refractivity contribution in [2.45, 2.75) is 52.9 Å². The Kier molecular flexibility index (Phi) is 7.95. The van der Waals surface area contributed by atoms with E-state index in [1.54, 1.807) is 11.3 Å². The van der Waals surface area contributed by atoms with Gasteiger partial charge in [0.1, 0.15) is 5.82 Å². The number of aryl methyl sites for hydroxylation is 1. The second-order valence-corrected chi connectivity index (χ2v) is 8.27. The molecule has 0 aliphatic carbocycles. The van der Waals surface area contributed by atoms with Crippen LogP contribution in [0.5, 0.6) is 0 Å². The summed E-state index contributed by atoms with van der Waals surface area (Å²) in [5.41, 5.74) is 4.99. The van der Waals surface area contributed by atoms with E-state index in [0.29, 0.717) is 0 Å². The molecule has 0 aliphatic rings. The molecule has 0 spiro atoms. The van der Waals surface area contributed by atoms with Crippen LogP contribution in [0.2, 0.25) is 0 Å². The van der Waals surface area contributed by atoms with Crippen LogP contribution in [0.3, 0.4) is 0 Å². The van der Waals surface area contributed by atoms with Gasteiger partial charge >= 0.3 is 5.97 Å². The molecule has 0 aliphatic heterocycles. The van der Waals surface area contributed by atoms with Crippen LogP contribution in [-0.2, 0) is 24.1 Å². The van der Waals surface area contributed by atoms with Crippen molar-refractivity contribution in [2.75, 3.05) is 5.32 Å². The van der Waals surface area contributed by atoms with Gasteiger partial charge in [0.25, 0.3) is 0 Å². The molecular weight excluding hydrogens is 406 g/mol. The summed E-state index contributed by atoms with van der Waals surface area (Å²) in [7, 11) is 0. The number of nitrogens with zero attached hydrogens (tertiary/aromatic N) is 2. The molecule has 3 rings (SSSR count). The van der Waals surface area contributed by atoms with Gasteiger partial charge in [0.15, 0.2) is 5.82 Å². The number of nitrogens with one attached hydrogen (secondary N) is 1. The van der Waals surface area contributed by atoms with Gasteiger partial charge in [0.05, 0.1) is 11.3 Å². The van der Waals surface area contributed by atoms with E-state index in [1.165, 1.54) is 5.56 Å².